The van der Waals surface area contributed by atoms with Crippen LogP contribution in [-0.4, -0.2) is 99.5 Å². The van der Waals surface area contributed by atoms with Gasteiger partial charge >= 0.3 is 11.9 Å². The van der Waals surface area contributed by atoms with E-state index < -0.39 is 53.5 Å². The lowest BCUT2D eigenvalue weighted by Crippen LogP contribution is -2.60. The topological polar surface area (TPSA) is 204 Å². The fourth-order valence-corrected chi connectivity index (χ4v) is 6.46. The van der Waals surface area contributed by atoms with Crippen LogP contribution in [0.1, 0.15) is 102 Å². The van der Waals surface area contributed by atoms with Gasteiger partial charge in [-0.05, 0) is 70.3 Å². The zero-order valence-corrected chi connectivity index (χ0v) is 33.2. The predicted molar refractivity (Wildman–Crippen MR) is 201 cm³/mol. The standard InChI is InChI=1S/C37H58N6O8S/c1-12-21(4)31(41-36(50)37(7,8)42(9)10)34(47)43(11)28(20(2)3)18-30(51-23(6)44)33-40-27(19-52-33)32(46)39-25(15-22(5)35(48)49)16-24-13-14-29(45)26(38)17-24/h13-14,17,19-22,25,28,30-31,45H,12,15-16,18,38H2,1-11H3,(H,39,46)(H,41,50)(H,48,49)/t21-,22-,25+,28+,30+,31-/m0/s1. The maximum Gasteiger partial charge on any atom is 0.306 e. The molecule has 6 N–H and O–H groups in total. The Morgan fingerprint density at radius 1 is 1.04 bits per heavy atom. The van der Waals surface area contributed by atoms with Crippen molar-refractivity contribution in [2.75, 3.05) is 26.9 Å². The Morgan fingerprint density at radius 2 is 1.67 bits per heavy atom. The minimum absolute atomic E-state index is 0.0592. The number of nitrogen functional groups attached to an aromatic ring is 1. The number of rotatable bonds is 19. The van der Waals surface area contributed by atoms with Crippen molar-refractivity contribution in [1.29, 1.82) is 0 Å². The van der Waals surface area contributed by atoms with Gasteiger partial charge in [-0.15, -0.1) is 11.3 Å². The first-order valence-corrected chi connectivity index (χ1v) is 18.5. The Balaban J connectivity index is 2.37. The molecule has 0 fully saturated rings. The number of anilines is 1. The van der Waals surface area contributed by atoms with Crippen molar-refractivity contribution < 1.29 is 38.9 Å². The number of carboxylic acid groups (broad SMARTS) is 1. The van der Waals surface area contributed by atoms with Crippen LogP contribution in [0.5, 0.6) is 5.75 Å². The minimum atomic E-state index is -1.01. The first-order chi connectivity index (χ1) is 24.1. The monoisotopic (exact) mass is 746 g/mol. The Morgan fingerprint density at radius 3 is 2.19 bits per heavy atom. The number of carbonyl (C=O) groups is 5. The number of aromatic nitrogens is 1. The second-order valence-electron chi connectivity index (χ2n) is 14.7. The van der Waals surface area contributed by atoms with Crippen LogP contribution in [0.25, 0.3) is 0 Å². The number of carboxylic acids is 1. The van der Waals surface area contributed by atoms with Gasteiger partial charge in [0, 0.05) is 37.9 Å². The zero-order valence-electron chi connectivity index (χ0n) is 32.4. The van der Waals surface area contributed by atoms with E-state index in [1.807, 2.05) is 27.7 Å². The molecule has 0 saturated heterocycles. The molecule has 290 valence electrons. The second-order valence-corrected chi connectivity index (χ2v) is 15.6. The molecule has 0 spiro atoms. The number of aliphatic carboxylic acids is 1. The number of hydrogen-bond acceptors (Lipinski definition) is 11. The number of phenolic OH excluding ortho intramolecular Hbond substituents is 1. The molecule has 1 heterocycles. The maximum absolute atomic E-state index is 14.1. The van der Waals surface area contributed by atoms with Gasteiger partial charge in [0.15, 0.2) is 6.10 Å². The Labute approximate surface area is 311 Å². The van der Waals surface area contributed by atoms with Crippen molar-refractivity contribution >= 4 is 46.7 Å². The third-order valence-corrected chi connectivity index (χ3v) is 10.8. The summed E-state index contributed by atoms with van der Waals surface area (Å²) < 4.78 is 5.73. The number of amides is 3. The second kappa shape index (κ2) is 19.0. The van der Waals surface area contributed by atoms with Crippen molar-refractivity contribution in [2.45, 2.75) is 111 Å². The minimum Gasteiger partial charge on any atom is -0.506 e. The van der Waals surface area contributed by atoms with E-state index in [1.165, 1.54) is 18.4 Å². The van der Waals surface area contributed by atoms with Gasteiger partial charge in [-0.3, -0.25) is 28.9 Å². The lowest BCUT2D eigenvalue weighted by Gasteiger charge is -2.38. The fraction of sp³-hybridized carbons (Fsp3) is 0.622. The summed E-state index contributed by atoms with van der Waals surface area (Å²) in [4.78, 5) is 72.8. The van der Waals surface area contributed by atoms with E-state index in [1.54, 1.807) is 63.8 Å². The highest BCUT2D eigenvalue weighted by atomic mass is 32.1. The number of likely N-dealkylation sites (N-methyl/N-ethyl adjacent to an activating group) is 2. The number of ether oxygens (including phenoxy) is 1. The van der Waals surface area contributed by atoms with Gasteiger partial charge in [0.1, 0.15) is 22.5 Å². The maximum atomic E-state index is 14.1. The van der Waals surface area contributed by atoms with Gasteiger partial charge in [-0.1, -0.05) is 47.1 Å². The summed E-state index contributed by atoms with van der Waals surface area (Å²) in [5, 5.41) is 27.1. The number of aromatic hydroxyl groups is 1. The Hall–Kier alpha value is -4.24. The summed E-state index contributed by atoms with van der Waals surface area (Å²) in [7, 11) is 5.28. The summed E-state index contributed by atoms with van der Waals surface area (Å²) in [6.45, 7) is 14.2. The van der Waals surface area contributed by atoms with Crippen LogP contribution in [0, 0.1) is 17.8 Å². The number of nitrogens with one attached hydrogen (secondary N) is 2. The van der Waals surface area contributed by atoms with Gasteiger partial charge in [0.25, 0.3) is 5.91 Å². The Kier molecular flexibility index (Phi) is 16.1. The van der Waals surface area contributed by atoms with Crippen molar-refractivity contribution in [3.8, 4) is 5.75 Å². The van der Waals surface area contributed by atoms with Crippen LogP contribution in [0.4, 0.5) is 5.69 Å². The predicted octanol–water partition coefficient (Wildman–Crippen LogP) is 4.23. The van der Waals surface area contributed by atoms with Gasteiger partial charge in [0.2, 0.25) is 11.8 Å². The van der Waals surface area contributed by atoms with Crippen LogP contribution in [0.3, 0.4) is 0 Å². The number of hydrogen-bond donors (Lipinski definition) is 5. The number of benzene rings is 1. The SMILES string of the molecule is CC[C@H](C)[C@H](NC(=O)C(C)(C)N(C)C)C(=O)N(C)[C@H](C[C@@H](OC(C)=O)c1nc(C(=O)N[C@@H](Cc2ccc(O)c(N)c2)C[C@H](C)C(=O)O)cs1)C(C)C. The molecular weight excluding hydrogens is 689 g/mol. The summed E-state index contributed by atoms with van der Waals surface area (Å²) in [5.74, 6) is -3.76. The van der Waals surface area contributed by atoms with Crippen LogP contribution in [0.15, 0.2) is 23.6 Å². The van der Waals surface area contributed by atoms with Crippen LogP contribution >= 0.6 is 11.3 Å². The molecule has 0 aliphatic rings. The lowest BCUT2D eigenvalue weighted by molar-refractivity contribution is -0.149. The number of esters is 1. The van der Waals surface area contributed by atoms with E-state index in [4.69, 9.17) is 10.5 Å². The highest BCUT2D eigenvalue weighted by molar-refractivity contribution is 7.09. The van der Waals surface area contributed by atoms with Gasteiger partial charge in [-0.2, -0.15) is 0 Å². The highest BCUT2D eigenvalue weighted by Gasteiger charge is 2.38. The van der Waals surface area contributed by atoms with Crippen molar-refractivity contribution in [3.63, 3.8) is 0 Å². The zero-order chi connectivity index (χ0) is 39.7. The first kappa shape index (κ1) is 43.9. The van der Waals surface area contributed by atoms with Crippen molar-refractivity contribution in [1.82, 2.24) is 25.4 Å². The molecule has 2 aromatic rings. The average molecular weight is 747 g/mol. The smallest absolute Gasteiger partial charge is 0.306 e. The molecule has 0 bridgehead atoms. The van der Waals surface area contributed by atoms with Gasteiger partial charge < -0.3 is 36.2 Å². The summed E-state index contributed by atoms with van der Waals surface area (Å²) in [5.41, 5.74) is 5.92. The quantitative estimate of drug-likeness (QED) is 0.0782. The Bertz CT molecular complexity index is 1560. The van der Waals surface area contributed by atoms with E-state index in [-0.39, 0.29) is 60.0 Å². The molecular formula is C37H58N6O8S. The average Bonchev–Trinajstić information content (AvgIpc) is 3.56. The number of nitrogens with zero attached hydrogens (tertiary/aromatic N) is 3. The summed E-state index contributed by atoms with van der Waals surface area (Å²) in [6, 6.07) is 2.82. The number of nitrogens with two attached hydrogens (primary N) is 1. The van der Waals surface area contributed by atoms with E-state index in [9.17, 15) is 34.2 Å². The van der Waals surface area contributed by atoms with Gasteiger partial charge in [-0.25, -0.2) is 4.98 Å². The fourth-order valence-electron chi connectivity index (χ4n) is 5.62. The highest BCUT2D eigenvalue weighted by Crippen LogP contribution is 2.31. The third kappa shape index (κ3) is 11.9. The number of phenols is 1. The normalized spacial score (nSPS) is 15.2. The molecule has 0 radical (unpaired) electrons. The molecule has 0 unspecified atom stereocenters. The van der Waals surface area contributed by atoms with Crippen LogP contribution < -0.4 is 16.4 Å². The molecule has 3 amide bonds. The molecule has 1 aromatic carbocycles. The molecule has 0 aliphatic heterocycles. The lowest BCUT2D eigenvalue weighted by atomic mass is 9.92. The van der Waals surface area contributed by atoms with Crippen molar-refractivity contribution in [2.24, 2.45) is 17.8 Å². The number of carbonyl (C=O) groups excluding carboxylic acids is 4. The van der Waals surface area contributed by atoms with Crippen LogP contribution in [-0.2, 0) is 30.3 Å². The molecule has 52 heavy (non-hydrogen) atoms. The molecule has 1 aromatic heterocycles. The molecule has 6 atom stereocenters. The van der Waals surface area contributed by atoms with Crippen molar-refractivity contribution in [3.05, 3.63) is 39.8 Å². The van der Waals surface area contributed by atoms with E-state index >= 15 is 0 Å². The molecule has 2 rings (SSSR count). The van der Waals surface area contributed by atoms with E-state index in [0.717, 1.165) is 11.3 Å². The molecule has 0 saturated carbocycles. The van der Waals surface area contributed by atoms with E-state index in [0.29, 0.717) is 17.0 Å². The first-order valence-electron chi connectivity index (χ1n) is 17.6. The molecule has 0 aliphatic carbocycles. The summed E-state index contributed by atoms with van der Waals surface area (Å²) >= 11 is 1.13. The molecule has 14 nitrogen and oxygen atoms in total. The largest absolute Gasteiger partial charge is 0.506 e. The van der Waals surface area contributed by atoms with Gasteiger partial charge in [0.05, 0.1) is 17.1 Å². The third-order valence-electron chi connectivity index (χ3n) is 9.82. The van der Waals surface area contributed by atoms with Crippen LogP contribution in [0.2, 0.25) is 0 Å². The summed E-state index contributed by atoms with van der Waals surface area (Å²) in [6.07, 6.45) is 0.314. The van der Waals surface area contributed by atoms with E-state index in [2.05, 4.69) is 15.6 Å². The molecule has 15 heteroatoms. The number of thiazole rings is 1.